The number of aromatic nitrogens is 1. The molecule has 2 aliphatic rings. The van der Waals surface area contributed by atoms with Crippen LogP contribution in [0, 0.1) is 0 Å². The summed E-state index contributed by atoms with van der Waals surface area (Å²) in [6.45, 7) is 4.57. The summed E-state index contributed by atoms with van der Waals surface area (Å²) in [5.74, 6) is -1.73. The van der Waals surface area contributed by atoms with Crippen molar-refractivity contribution in [2.75, 3.05) is 25.1 Å². The first-order chi connectivity index (χ1) is 14.8. The molecule has 1 aromatic heterocycles. The number of hydrogen-bond donors (Lipinski definition) is 2. The normalized spacial score (nSPS) is 21.3. The van der Waals surface area contributed by atoms with Gasteiger partial charge in [0.15, 0.2) is 10.9 Å². The van der Waals surface area contributed by atoms with Crippen LogP contribution in [0.25, 0.3) is 0 Å². The monoisotopic (exact) mass is 468 g/mol. The Hall–Kier alpha value is -2.30. The van der Waals surface area contributed by atoms with Crippen molar-refractivity contribution in [3.05, 3.63) is 21.3 Å². The number of carboxylic acid groups (broad SMARTS) is 1. The number of aliphatic imine (C=N–C) groups is 1. The summed E-state index contributed by atoms with van der Waals surface area (Å²) >= 11 is 7.06. The largest absolute Gasteiger partial charge is 0.477 e. The maximum absolute atomic E-state index is 12.7. The van der Waals surface area contributed by atoms with Gasteiger partial charge in [-0.15, -0.1) is 0 Å². The molecule has 2 atom stereocenters. The van der Waals surface area contributed by atoms with Gasteiger partial charge in [0.25, 0.3) is 5.91 Å². The van der Waals surface area contributed by atoms with Crippen LogP contribution in [-0.4, -0.2) is 65.8 Å². The van der Waals surface area contributed by atoms with Crippen molar-refractivity contribution in [3.8, 4) is 0 Å². The Labute approximate surface area is 189 Å². The molecule has 0 aromatic carbocycles. The average molecular weight is 469 g/mol. The van der Waals surface area contributed by atoms with E-state index in [1.165, 1.54) is 0 Å². The second-order valence-corrected chi connectivity index (χ2v) is 8.66. The van der Waals surface area contributed by atoms with Crippen molar-refractivity contribution in [3.63, 3.8) is 0 Å². The number of hydrogen-bond acceptors (Lipinski definition) is 8. The van der Waals surface area contributed by atoms with Gasteiger partial charge in [-0.25, -0.2) is 14.8 Å². The number of halogens is 1. The number of ketones is 1. The van der Waals surface area contributed by atoms with Crippen molar-refractivity contribution in [2.45, 2.75) is 51.7 Å². The van der Waals surface area contributed by atoms with E-state index >= 15 is 0 Å². The Balaban J connectivity index is 1.69. The Kier molecular flexibility index (Phi) is 7.45. The number of nitrogens with one attached hydrogen (secondary N) is 1. The molecule has 9 nitrogen and oxygen atoms in total. The van der Waals surface area contributed by atoms with Gasteiger partial charge in [-0.3, -0.25) is 9.59 Å². The topological polar surface area (TPSA) is 121 Å². The molecule has 31 heavy (non-hydrogen) atoms. The van der Waals surface area contributed by atoms with E-state index in [0.717, 1.165) is 23.3 Å². The van der Waals surface area contributed by atoms with Gasteiger partial charge in [0.05, 0.1) is 12.1 Å². The van der Waals surface area contributed by atoms with E-state index in [4.69, 9.17) is 16.3 Å². The average Bonchev–Trinajstić information content (AvgIpc) is 3.37. The first kappa shape index (κ1) is 23.4. The standard InChI is InChI=1S/C20H25ClN4O5S/c1-4-10-8-12(22-17(10)21)18(27)23-11-6-7-25(9-14(11)30-3)20-24-15(13(26)5-2)16(31-20)19(28)29/h11,14H,4-9H2,1-3H3,(H,23,27)(H,28,29)/t11-,14+/m1/s1. The molecule has 1 aromatic rings. The molecule has 2 aliphatic heterocycles. The van der Waals surface area contributed by atoms with Crippen LogP contribution >= 0.6 is 22.9 Å². The first-order valence-corrected chi connectivity index (χ1v) is 11.3. The summed E-state index contributed by atoms with van der Waals surface area (Å²) < 4.78 is 5.60. The molecule has 2 N–H and O–H groups in total. The van der Waals surface area contributed by atoms with E-state index in [2.05, 4.69) is 15.3 Å². The maximum atomic E-state index is 12.7. The molecule has 0 saturated carbocycles. The van der Waals surface area contributed by atoms with Crippen molar-refractivity contribution < 1.29 is 24.2 Å². The van der Waals surface area contributed by atoms with Crippen LogP contribution in [0.2, 0.25) is 0 Å². The lowest BCUT2D eigenvalue weighted by Gasteiger charge is -2.37. The number of carbonyl (C=O) groups is 3. The minimum atomic E-state index is -1.16. The van der Waals surface area contributed by atoms with Crippen LogP contribution in [0.1, 0.15) is 59.7 Å². The van der Waals surface area contributed by atoms with E-state index in [0.29, 0.717) is 41.9 Å². The minimum absolute atomic E-state index is 0.00487. The van der Waals surface area contributed by atoms with E-state index in [-0.39, 0.29) is 40.8 Å². The number of thiazole rings is 1. The number of rotatable bonds is 8. The lowest BCUT2D eigenvalue weighted by molar-refractivity contribution is -0.116. The van der Waals surface area contributed by atoms with E-state index in [1.54, 1.807) is 14.0 Å². The van der Waals surface area contributed by atoms with E-state index in [9.17, 15) is 19.5 Å². The molecule has 3 heterocycles. The summed E-state index contributed by atoms with van der Waals surface area (Å²) in [5, 5.41) is 13.3. The SMILES string of the molecule is CCC(=O)c1nc(N2CC[C@@H](NC(=O)C3=NC(Cl)=C(CC)C3)[C@@H](OC)C2)sc1C(=O)O. The zero-order chi connectivity index (χ0) is 22.7. The fourth-order valence-corrected chi connectivity index (χ4v) is 4.87. The van der Waals surface area contributed by atoms with E-state index < -0.39 is 5.97 Å². The van der Waals surface area contributed by atoms with Gasteiger partial charge in [-0.2, -0.15) is 0 Å². The van der Waals surface area contributed by atoms with Crippen molar-refractivity contribution in [1.29, 1.82) is 0 Å². The second-order valence-electron chi connectivity index (χ2n) is 7.33. The lowest BCUT2D eigenvalue weighted by atomic mass is 10.0. The van der Waals surface area contributed by atoms with Gasteiger partial charge in [0, 0.05) is 33.0 Å². The molecule has 3 rings (SSSR count). The summed E-state index contributed by atoms with van der Waals surface area (Å²) in [4.78, 5) is 46.6. The smallest absolute Gasteiger partial charge is 0.348 e. The van der Waals surface area contributed by atoms with Gasteiger partial charge in [0.2, 0.25) is 0 Å². The highest BCUT2D eigenvalue weighted by Gasteiger charge is 2.34. The maximum Gasteiger partial charge on any atom is 0.348 e. The Morgan fingerprint density at radius 2 is 2.10 bits per heavy atom. The highest BCUT2D eigenvalue weighted by atomic mass is 35.5. The predicted molar refractivity (Wildman–Crippen MR) is 118 cm³/mol. The van der Waals surface area contributed by atoms with Gasteiger partial charge in [-0.1, -0.05) is 36.8 Å². The summed E-state index contributed by atoms with van der Waals surface area (Å²) in [7, 11) is 1.56. The number of amides is 1. The Morgan fingerprint density at radius 3 is 2.68 bits per heavy atom. The fraction of sp³-hybridized carbons (Fsp3) is 0.550. The molecule has 0 aliphatic carbocycles. The number of piperidine rings is 1. The third-order valence-corrected chi connectivity index (χ3v) is 6.89. The molecule has 1 fully saturated rings. The summed E-state index contributed by atoms with van der Waals surface area (Å²) in [6.07, 6.45) is 1.60. The van der Waals surface area contributed by atoms with Crippen LogP contribution in [0.4, 0.5) is 5.13 Å². The molecule has 1 amide bonds. The van der Waals surface area contributed by atoms with Gasteiger partial charge in [0.1, 0.15) is 21.4 Å². The zero-order valence-corrected chi connectivity index (χ0v) is 19.2. The number of anilines is 1. The Bertz CT molecular complexity index is 957. The third kappa shape index (κ3) is 4.97. The zero-order valence-electron chi connectivity index (χ0n) is 17.6. The van der Waals surface area contributed by atoms with Gasteiger partial charge in [-0.05, 0) is 18.4 Å². The number of methoxy groups -OCH3 is 1. The second kappa shape index (κ2) is 9.88. The molecule has 11 heteroatoms. The van der Waals surface area contributed by atoms with Crippen LogP contribution in [0.5, 0.6) is 0 Å². The molecule has 1 saturated heterocycles. The highest BCUT2D eigenvalue weighted by molar-refractivity contribution is 7.17. The van der Waals surface area contributed by atoms with Gasteiger partial charge >= 0.3 is 5.97 Å². The quantitative estimate of drug-likeness (QED) is 0.444. The molecule has 0 spiro atoms. The molecule has 0 radical (unpaired) electrons. The van der Waals surface area contributed by atoms with Gasteiger partial charge < -0.3 is 20.1 Å². The summed E-state index contributed by atoms with van der Waals surface area (Å²) in [5.41, 5.74) is 1.34. The molecular formula is C20H25ClN4O5S. The number of aromatic carboxylic acids is 1. The van der Waals surface area contributed by atoms with Crippen LogP contribution in [-0.2, 0) is 9.53 Å². The number of carbonyl (C=O) groups excluding carboxylic acids is 2. The number of ether oxygens (including phenoxy) is 1. The lowest BCUT2D eigenvalue weighted by Crippen LogP contribution is -2.55. The molecular weight excluding hydrogens is 444 g/mol. The van der Waals surface area contributed by atoms with Crippen molar-refractivity contribution >= 4 is 51.4 Å². The van der Waals surface area contributed by atoms with Crippen LogP contribution in [0.15, 0.2) is 15.7 Å². The Morgan fingerprint density at radius 1 is 1.35 bits per heavy atom. The summed E-state index contributed by atoms with van der Waals surface area (Å²) in [6, 6.07) is -0.239. The van der Waals surface area contributed by atoms with Crippen LogP contribution in [0.3, 0.4) is 0 Å². The third-order valence-electron chi connectivity index (χ3n) is 5.44. The predicted octanol–water partition coefficient (Wildman–Crippen LogP) is 2.85. The van der Waals surface area contributed by atoms with E-state index in [1.807, 2.05) is 11.8 Å². The number of Topliss-reactive ketones (excluding diaryl/α,β-unsaturated/α-hetero) is 1. The number of allylic oxidation sites excluding steroid dienone is 1. The minimum Gasteiger partial charge on any atom is -0.477 e. The molecule has 168 valence electrons. The first-order valence-electron chi connectivity index (χ1n) is 10.1. The highest BCUT2D eigenvalue weighted by Crippen LogP contribution is 2.30. The van der Waals surface area contributed by atoms with Crippen LogP contribution < -0.4 is 10.2 Å². The number of carboxylic acids is 1. The fourth-order valence-electron chi connectivity index (χ4n) is 3.61. The molecule has 0 bridgehead atoms. The van der Waals surface area contributed by atoms with Crippen molar-refractivity contribution in [1.82, 2.24) is 10.3 Å². The molecule has 0 unspecified atom stereocenters. The van der Waals surface area contributed by atoms with Crippen molar-refractivity contribution in [2.24, 2.45) is 4.99 Å². The number of nitrogens with zero attached hydrogens (tertiary/aromatic N) is 3.